The van der Waals surface area contributed by atoms with E-state index in [-0.39, 0.29) is 29.5 Å². The Morgan fingerprint density at radius 3 is 2.44 bits per heavy atom. The molecule has 1 fully saturated rings. The lowest BCUT2D eigenvalue weighted by Crippen LogP contribution is -2.54. The Balaban J connectivity index is 1.57. The van der Waals surface area contributed by atoms with Gasteiger partial charge in [0.15, 0.2) is 29.6 Å². The molecule has 3 aromatic rings. The van der Waals surface area contributed by atoms with Crippen LogP contribution in [-0.4, -0.2) is 50.7 Å². The van der Waals surface area contributed by atoms with Gasteiger partial charge in [-0.2, -0.15) is 0 Å². The van der Waals surface area contributed by atoms with Crippen molar-refractivity contribution in [3.8, 4) is 23.0 Å². The number of carbonyl (C=O) groups excluding carboxylic acids is 4. The molecule has 1 saturated heterocycles. The van der Waals surface area contributed by atoms with E-state index in [0.717, 1.165) is 22.4 Å². The predicted molar refractivity (Wildman–Crippen MR) is 178 cm³/mol. The van der Waals surface area contributed by atoms with Gasteiger partial charge in [-0.3, -0.25) is 19.7 Å². The highest BCUT2D eigenvalue weighted by molar-refractivity contribution is 14.1. The maximum Gasteiger partial charge on any atom is 0.335 e. The van der Waals surface area contributed by atoms with Crippen molar-refractivity contribution in [1.29, 1.82) is 0 Å². The minimum Gasteiger partial charge on any atom is -0.493 e. The average molecular weight is 728 g/mol. The third kappa shape index (κ3) is 7.93. The molecule has 1 aliphatic heterocycles. The van der Waals surface area contributed by atoms with E-state index in [1.807, 2.05) is 68.5 Å². The molecule has 2 N–H and O–H groups in total. The number of anilines is 2. The molecule has 0 saturated carbocycles. The van der Waals surface area contributed by atoms with Crippen LogP contribution in [0.5, 0.6) is 23.0 Å². The second-order valence-electron chi connectivity index (χ2n) is 10.1. The topological polar surface area (TPSA) is 132 Å². The molecule has 12 heteroatoms. The molecule has 1 heterocycles. The van der Waals surface area contributed by atoms with E-state index in [2.05, 4.69) is 10.6 Å². The Hall–Kier alpha value is -4.59. The van der Waals surface area contributed by atoms with Crippen LogP contribution in [0, 0.1) is 17.4 Å². The predicted octanol–water partition coefficient (Wildman–Crippen LogP) is 5.79. The number of methoxy groups -OCH3 is 1. The summed E-state index contributed by atoms with van der Waals surface area (Å²) < 4.78 is 23.3. The van der Waals surface area contributed by atoms with Crippen molar-refractivity contribution in [2.75, 3.05) is 37.1 Å². The third-order valence-corrected chi connectivity index (χ3v) is 7.43. The zero-order chi connectivity index (χ0) is 32.7. The maximum absolute atomic E-state index is 13.6. The number of hydrogen-bond donors (Lipinski definition) is 2. The fourth-order valence-electron chi connectivity index (χ4n) is 4.45. The number of barbiturate groups is 1. The summed E-state index contributed by atoms with van der Waals surface area (Å²) in [6.45, 7) is 8.16. The summed E-state index contributed by atoms with van der Waals surface area (Å²) >= 11 is 2.02. The number of aryl methyl sites for hydroxylation is 2. The summed E-state index contributed by atoms with van der Waals surface area (Å²) in [7, 11) is 1.44. The summed E-state index contributed by atoms with van der Waals surface area (Å²) in [6, 6.07) is 12.8. The van der Waals surface area contributed by atoms with Gasteiger partial charge in [-0.05, 0) is 103 Å². The van der Waals surface area contributed by atoms with E-state index >= 15 is 0 Å². The van der Waals surface area contributed by atoms with Gasteiger partial charge in [-0.25, -0.2) is 9.69 Å². The van der Waals surface area contributed by atoms with Gasteiger partial charge in [0.2, 0.25) is 0 Å². The van der Waals surface area contributed by atoms with E-state index in [1.165, 1.54) is 19.3 Å². The number of halogens is 1. The van der Waals surface area contributed by atoms with Gasteiger partial charge in [0.05, 0.1) is 29.6 Å². The summed E-state index contributed by atoms with van der Waals surface area (Å²) in [6.07, 6.45) is 2.15. The van der Waals surface area contributed by atoms with Gasteiger partial charge in [0, 0.05) is 11.8 Å². The Bertz CT molecular complexity index is 1670. The Labute approximate surface area is 275 Å². The molecule has 45 heavy (non-hydrogen) atoms. The number of ether oxygens (including phenoxy) is 4. The monoisotopic (exact) mass is 727 g/mol. The van der Waals surface area contributed by atoms with Crippen molar-refractivity contribution in [2.45, 2.75) is 34.1 Å². The van der Waals surface area contributed by atoms with Crippen LogP contribution in [0.2, 0.25) is 0 Å². The zero-order valence-electron chi connectivity index (χ0n) is 25.6. The van der Waals surface area contributed by atoms with Crippen LogP contribution < -0.4 is 34.5 Å². The molecular weight excluding hydrogens is 693 g/mol. The molecule has 236 valence electrons. The number of urea groups is 1. The van der Waals surface area contributed by atoms with Crippen LogP contribution in [0.1, 0.15) is 37.0 Å². The van der Waals surface area contributed by atoms with E-state index in [0.29, 0.717) is 45.3 Å². The van der Waals surface area contributed by atoms with Crippen LogP contribution in [0.25, 0.3) is 6.08 Å². The standard InChI is InChI=1S/C33H34IN3O8/c1-6-12-44-26-11-10-22(17-27(26)43-7-2)37-32(40)23(31(39)36-33(37)41)14-21-15-24(34)30(28(16-21)42-5)45-18-29(38)35-25-13-19(3)8-9-20(25)4/h8-11,13-17H,6-7,12,18H2,1-5H3,(H,35,38)(H,36,39,41)/b23-14+. The minimum atomic E-state index is -0.887. The summed E-state index contributed by atoms with van der Waals surface area (Å²) in [4.78, 5) is 52.7. The van der Waals surface area contributed by atoms with Crippen LogP contribution in [-0.2, 0) is 14.4 Å². The number of carbonyl (C=O) groups is 4. The Kier molecular flexibility index (Phi) is 11.0. The molecule has 0 atom stereocenters. The van der Waals surface area contributed by atoms with Crippen LogP contribution in [0.15, 0.2) is 54.1 Å². The first-order valence-electron chi connectivity index (χ1n) is 14.2. The second kappa shape index (κ2) is 14.9. The molecule has 0 aliphatic carbocycles. The lowest BCUT2D eigenvalue weighted by molar-refractivity contribution is -0.122. The number of nitrogens with zero attached hydrogens (tertiary/aromatic N) is 1. The SMILES string of the molecule is CCCOc1ccc(N2C(=O)NC(=O)/C(=C\c3cc(I)c(OCC(=O)Nc4cc(C)ccc4C)c(OC)c3)C2=O)cc1OCC. The van der Waals surface area contributed by atoms with Gasteiger partial charge in [0.1, 0.15) is 5.57 Å². The molecule has 0 radical (unpaired) electrons. The number of nitrogens with one attached hydrogen (secondary N) is 2. The maximum atomic E-state index is 13.6. The Morgan fingerprint density at radius 2 is 1.73 bits per heavy atom. The first kappa shape index (κ1) is 33.3. The van der Waals surface area contributed by atoms with Crippen molar-refractivity contribution >= 4 is 63.8 Å². The van der Waals surface area contributed by atoms with E-state index < -0.39 is 17.8 Å². The van der Waals surface area contributed by atoms with Gasteiger partial charge >= 0.3 is 6.03 Å². The molecule has 0 unspecified atom stereocenters. The van der Waals surface area contributed by atoms with Crippen LogP contribution in [0.4, 0.5) is 16.2 Å². The van der Waals surface area contributed by atoms with Crippen LogP contribution in [0.3, 0.4) is 0 Å². The second-order valence-corrected chi connectivity index (χ2v) is 11.2. The van der Waals surface area contributed by atoms with Crippen molar-refractivity contribution in [3.63, 3.8) is 0 Å². The van der Waals surface area contributed by atoms with E-state index in [4.69, 9.17) is 18.9 Å². The lowest BCUT2D eigenvalue weighted by Gasteiger charge is -2.27. The van der Waals surface area contributed by atoms with Gasteiger partial charge < -0.3 is 24.3 Å². The molecule has 0 bridgehead atoms. The largest absolute Gasteiger partial charge is 0.493 e. The molecule has 0 aromatic heterocycles. The first-order valence-corrected chi connectivity index (χ1v) is 15.3. The minimum absolute atomic E-state index is 0.207. The highest BCUT2D eigenvalue weighted by Gasteiger charge is 2.37. The summed E-state index contributed by atoms with van der Waals surface area (Å²) in [5.41, 5.74) is 3.02. The molecule has 11 nitrogen and oxygen atoms in total. The summed E-state index contributed by atoms with van der Waals surface area (Å²) in [5.74, 6) is -0.554. The van der Waals surface area contributed by atoms with Crippen molar-refractivity contribution < 1.29 is 38.1 Å². The number of imide groups is 2. The highest BCUT2D eigenvalue weighted by atomic mass is 127. The molecule has 1 aliphatic rings. The number of rotatable bonds is 12. The van der Waals surface area contributed by atoms with E-state index in [1.54, 1.807) is 24.3 Å². The number of benzene rings is 3. The van der Waals surface area contributed by atoms with Crippen molar-refractivity contribution in [1.82, 2.24) is 5.32 Å². The Morgan fingerprint density at radius 1 is 0.956 bits per heavy atom. The first-order chi connectivity index (χ1) is 21.6. The molecular formula is C33H34IN3O8. The normalized spacial score (nSPS) is 13.9. The smallest absolute Gasteiger partial charge is 0.335 e. The molecule has 3 aromatic carbocycles. The average Bonchev–Trinajstić information content (AvgIpc) is 3.00. The van der Waals surface area contributed by atoms with Crippen molar-refractivity contribution in [3.05, 3.63) is 74.4 Å². The number of hydrogen-bond acceptors (Lipinski definition) is 8. The van der Waals surface area contributed by atoms with E-state index in [9.17, 15) is 19.2 Å². The zero-order valence-corrected chi connectivity index (χ0v) is 27.8. The van der Waals surface area contributed by atoms with Gasteiger partial charge in [0.25, 0.3) is 17.7 Å². The van der Waals surface area contributed by atoms with Gasteiger partial charge in [-0.15, -0.1) is 0 Å². The van der Waals surface area contributed by atoms with Crippen LogP contribution >= 0.6 is 22.6 Å². The molecule has 4 rings (SSSR count). The highest BCUT2D eigenvalue weighted by Crippen LogP contribution is 2.36. The number of amides is 5. The quantitative estimate of drug-likeness (QED) is 0.136. The molecule has 0 spiro atoms. The molecule has 5 amide bonds. The summed E-state index contributed by atoms with van der Waals surface area (Å²) in [5, 5.41) is 5.08. The lowest BCUT2D eigenvalue weighted by atomic mass is 10.1. The van der Waals surface area contributed by atoms with Crippen molar-refractivity contribution in [2.24, 2.45) is 0 Å². The fraction of sp³-hybridized carbons (Fsp3) is 0.273. The third-order valence-electron chi connectivity index (χ3n) is 6.63. The van der Waals surface area contributed by atoms with Gasteiger partial charge in [-0.1, -0.05) is 19.1 Å². The fourth-order valence-corrected chi connectivity index (χ4v) is 5.23.